The third kappa shape index (κ3) is 21.0. The third-order valence-electron chi connectivity index (χ3n) is 2.02. The Labute approximate surface area is 131 Å². The zero-order valence-electron chi connectivity index (χ0n) is 15.2. The number of rotatable bonds is 6. The van der Waals surface area contributed by atoms with Gasteiger partial charge in [-0.15, -0.1) is 0 Å². The van der Waals surface area contributed by atoms with Gasteiger partial charge in [0.05, 0.1) is 0 Å². The standard InChI is InChI=1S/C6H18O3Si2.C4H14OSi2.CH4O/c1-7-10(3,4)9-11(5,6)8-2;1-6(2)5-7(3)4;1-2/h1-6H3;6-7H,1-4H3;2H,1H3. The van der Waals surface area contributed by atoms with Gasteiger partial charge >= 0.3 is 17.1 Å². The van der Waals surface area contributed by atoms with Crippen molar-refractivity contribution in [3.8, 4) is 0 Å². The van der Waals surface area contributed by atoms with Crippen molar-refractivity contribution in [3.63, 3.8) is 0 Å². The molecule has 0 aromatic heterocycles. The maximum atomic E-state index is 7.00. The van der Waals surface area contributed by atoms with Gasteiger partial charge in [-0.1, -0.05) is 0 Å². The van der Waals surface area contributed by atoms with Gasteiger partial charge in [-0.2, -0.15) is 0 Å². The van der Waals surface area contributed by atoms with Gasteiger partial charge in [-0.3, -0.25) is 0 Å². The summed E-state index contributed by atoms with van der Waals surface area (Å²) in [5.41, 5.74) is 0. The molecular formula is C11H36O5Si4. The van der Waals surface area contributed by atoms with Gasteiger partial charge in [0.1, 0.15) is 0 Å². The van der Waals surface area contributed by atoms with Crippen LogP contribution >= 0.6 is 0 Å². The molecule has 0 amide bonds. The Balaban J connectivity index is -0.000000277. The first-order valence-corrected chi connectivity index (χ1v) is 18.1. The summed E-state index contributed by atoms with van der Waals surface area (Å²) in [7, 11) is -0.753. The molecule has 126 valence electrons. The molecule has 0 aliphatic heterocycles. The maximum Gasteiger partial charge on any atom is 0.322 e. The van der Waals surface area contributed by atoms with E-state index in [0.29, 0.717) is 0 Å². The van der Waals surface area contributed by atoms with Crippen molar-refractivity contribution in [2.24, 2.45) is 0 Å². The first-order valence-electron chi connectivity index (χ1n) is 6.86. The number of aliphatic hydroxyl groups excluding tert-OH is 1. The van der Waals surface area contributed by atoms with Crippen LogP contribution in [0.5, 0.6) is 0 Å². The molecule has 0 saturated carbocycles. The van der Waals surface area contributed by atoms with Crippen LogP contribution in [-0.4, -0.2) is 61.6 Å². The summed E-state index contributed by atoms with van der Waals surface area (Å²) in [5, 5.41) is 7.00. The lowest BCUT2D eigenvalue weighted by Gasteiger charge is -2.30. The van der Waals surface area contributed by atoms with E-state index in [1.54, 1.807) is 14.2 Å². The van der Waals surface area contributed by atoms with Gasteiger partial charge in [-0.05, 0) is 52.4 Å². The average molecular weight is 361 g/mol. The molecule has 0 fully saturated rings. The van der Waals surface area contributed by atoms with Gasteiger partial charge < -0.3 is 22.2 Å². The van der Waals surface area contributed by atoms with Crippen LogP contribution in [0.3, 0.4) is 0 Å². The molecule has 0 aromatic rings. The minimum Gasteiger partial charge on any atom is -0.461 e. The second-order valence-corrected chi connectivity index (χ2v) is 18.1. The van der Waals surface area contributed by atoms with E-state index in [0.717, 1.165) is 7.11 Å². The summed E-state index contributed by atoms with van der Waals surface area (Å²) in [6.45, 7) is 16.9. The zero-order chi connectivity index (χ0) is 17.0. The van der Waals surface area contributed by atoms with Crippen LogP contribution in [0.15, 0.2) is 0 Å². The normalized spacial score (nSPS) is 11.7. The lowest BCUT2D eigenvalue weighted by molar-refractivity contribution is 0.251. The topological polar surface area (TPSA) is 57.2 Å². The van der Waals surface area contributed by atoms with E-state index in [4.69, 9.17) is 22.2 Å². The monoisotopic (exact) mass is 360 g/mol. The van der Waals surface area contributed by atoms with E-state index in [2.05, 4.69) is 26.2 Å². The van der Waals surface area contributed by atoms with Crippen molar-refractivity contribution >= 4 is 35.2 Å². The van der Waals surface area contributed by atoms with E-state index in [-0.39, 0.29) is 0 Å². The Morgan fingerprint density at radius 3 is 1.05 bits per heavy atom. The van der Waals surface area contributed by atoms with E-state index < -0.39 is 35.2 Å². The highest BCUT2D eigenvalue weighted by molar-refractivity contribution is 6.78. The Morgan fingerprint density at radius 1 is 0.700 bits per heavy atom. The fourth-order valence-electron chi connectivity index (χ4n) is 1.22. The largest absolute Gasteiger partial charge is 0.461 e. The smallest absolute Gasteiger partial charge is 0.322 e. The van der Waals surface area contributed by atoms with E-state index >= 15 is 0 Å². The minimum absolute atomic E-state index is 0.667. The van der Waals surface area contributed by atoms with Gasteiger partial charge in [0, 0.05) is 21.3 Å². The summed E-state index contributed by atoms with van der Waals surface area (Å²) in [4.78, 5) is 0. The second kappa shape index (κ2) is 13.3. The summed E-state index contributed by atoms with van der Waals surface area (Å²) in [6, 6.07) is 0. The fourth-order valence-corrected chi connectivity index (χ4v) is 11.0. The molecule has 5 nitrogen and oxygen atoms in total. The molecule has 0 atom stereocenters. The summed E-state index contributed by atoms with van der Waals surface area (Å²) >= 11 is 0. The first-order chi connectivity index (χ1) is 8.95. The average Bonchev–Trinajstić information content (AvgIpc) is 2.29. The molecular weight excluding hydrogens is 324 g/mol. The molecule has 0 heterocycles. The predicted molar refractivity (Wildman–Crippen MR) is 97.0 cm³/mol. The van der Waals surface area contributed by atoms with Crippen LogP contribution in [0.25, 0.3) is 0 Å². The Hall–Kier alpha value is 0.668. The van der Waals surface area contributed by atoms with Crippen molar-refractivity contribution in [2.45, 2.75) is 52.4 Å². The van der Waals surface area contributed by atoms with Crippen LogP contribution in [0.2, 0.25) is 52.4 Å². The van der Waals surface area contributed by atoms with Crippen molar-refractivity contribution in [3.05, 3.63) is 0 Å². The molecule has 0 unspecified atom stereocenters. The Morgan fingerprint density at radius 2 is 0.950 bits per heavy atom. The van der Waals surface area contributed by atoms with Gasteiger partial charge in [0.25, 0.3) is 0 Å². The quantitative estimate of drug-likeness (QED) is 0.736. The SMILES string of the molecule is CO.CO[Si](C)(C)O[Si](C)(C)OC.C[SiH](C)O[SiH](C)C. The fraction of sp³-hybridized carbons (Fsp3) is 1.00. The van der Waals surface area contributed by atoms with Crippen LogP contribution in [0.1, 0.15) is 0 Å². The minimum atomic E-state index is -1.90. The lowest BCUT2D eigenvalue weighted by atomic mass is 11.8. The molecule has 0 aliphatic rings. The molecule has 0 rings (SSSR count). The molecule has 0 bridgehead atoms. The molecule has 9 heteroatoms. The predicted octanol–water partition coefficient (Wildman–Crippen LogP) is 2.28. The van der Waals surface area contributed by atoms with E-state index in [9.17, 15) is 0 Å². The van der Waals surface area contributed by atoms with Crippen LogP contribution < -0.4 is 0 Å². The molecule has 0 spiro atoms. The highest BCUT2D eigenvalue weighted by Crippen LogP contribution is 2.14. The highest BCUT2D eigenvalue weighted by atomic mass is 28.5. The molecule has 0 saturated heterocycles. The molecule has 1 N–H and O–H groups in total. The van der Waals surface area contributed by atoms with Crippen molar-refractivity contribution < 1.29 is 22.2 Å². The second-order valence-electron chi connectivity index (χ2n) is 5.54. The van der Waals surface area contributed by atoms with Crippen LogP contribution in [0, 0.1) is 0 Å². The summed E-state index contributed by atoms with van der Waals surface area (Å²) < 4.78 is 21.8. The lowest BCUT2D eigenvalue weighted by Crippen LogP contribution is -2.47. The third-order valence-corrected chi connectivity index (χ3v) is 12.3. The van der Waals surface area contributed by atoms with Gasteiger partial charge in [0.2, 0.25) is 0 Å². The van der Waals surface area contributed by atoms with Gasteiger partial charge in [0.15, 0.2) is 18.1 Å². The maximum absolute atomic E-state index is 7.00. The highest BCUT2D eigenvalue weighted by Gasteiger charge is 2.34. The molecule has 20 heavy (non-hydrogen) atoms. The van der Waals surface area contributed by atoms with Gasteiger partial charge in [-0.25, -0.2) is 0 Å². The number of hydrogen-bond donors (Lipinski definition) is 1. The number of hydrogen-bond acceptors (Lipinski definition) is 5. The van der Waals surface area contributed by atoms with Crippen molar-refractivity contribution in [1.82, 2.24) is 0 Å². The Bertz CT molecular complexity index is 193. The Kier molecular flexibility index (Phi) is 17.1. The molecule has 0 aromatic carbocycles. The first kappa shape index (κ1) is 25.6. The van der Waals surface area contributed by atoms with E-state index in [1.807, 2.05) is 26.2 Å². The molecule has 0 aliphatic carbocycles. The number of aliphatic hydroxyl groups is 1. The summed E-state index contributed by atoms with van der Waals surface area (Å²) in [5.74, 6) is 0. The van der Waals surface area contributed by atoms with E-state index in [1.165, 1.54) is 0 Å². The van der Waals surface area contributed by atoms with Crippen LogP contribution in [0.4, 0.5) is 0 Å². The van der Waals surface area contributed by atoms with Crippen molar-refractivity contribution in [1.29, 1.82) is 0 Å². The zero-order valence-corrected chi connectivity index (χ0v) is 19.5. The summed E-state index contributed by atoms with van der Waals surface area (Å²) in [6.07, 6.45) is 0. The molecule has 0 radical (unpaired) electrons. The van der Waals surface area contributed by atoms with Crippen LogP contribution in [-0.2, 0) is 17.1 Å². The van der Waals surface area contributed by atoms with Crippen molar-refractivity contribution in [2.75, 3.05) is 21.3 Å².